The van der Waals surface area contributed by atoms with Crippen molar-refractivity contribution >= 4 is 18.2 Å². The van der Waals surface area contributed by atoms with E-state index in [1.54, 1.807) is 0 Å². The lowest BCUT2D eigenvalue weighted by molar-refractivity contribution is -0.143. The molecule has 0 heterocycles. The topological polar surface area (TPSA) is 65.0 Å². The predicted molar refractivity (Wildman–Crippen MR) is 66.8 cm³/mol. The maximum atomic E-state index is 11.5. The first-order valence-electron chi connectivity index (χ1n) is 5.78. The summed E-state index contributed by atoms with van der Waals surface area (Å²) in [6, 6.07) is 0. The molecule has 5 nitrogen and oxygen atoms in total. The molecule has 0 aliphatic heterocycles. The van der Waals surface area contributed by atoms with Crippen molar-refractivity contribution in [3.8, 4) is 0 Å². The highest BCUT2D eigenvalue weighted by Crippen LogP contribution is 2.59. The van der Waals surface area contributed by atoms with Gasteiger partial charge < -0.3 is 9.57 Å². The molecule has 0 amide bonds. The fourth-order valence-corrected chi connectivity index (χ4v) is 2.08. The van der Waals surface area contributed by atoms with Crippen molar-refractivity contribution in [2.24, 2.45) is 22.4 Å². The van der Waals surface area contributed by atoms with Crippen LogP contribution < -0.4 is 0 Å². The Kier molecular flexibility index (Phi) is 4.27. The smallest absolute Gasteiger partial charge is 0.331 e. The molecule has 2 atom stereocenters. The molecule has 1 saturated carbocycles. The van der Waals surface area contributed by atoms with Crippen LogP contribution in [0.15, 0.2) is 16.8 Å². The van der Waals surface area contributed by atoms with Crippen LogP contribution in [-0.4, -0.2) is 25.3 Å². The standard InChI is InChI=1S/C13H19NO4/c1-8(7-14-18-9(2)15)6-10-11(12(16)17-5)13(10,3)4/h6-7,10-11H,1-5H3/b8-6+,14-7+/t10-,11+/m0/s1. The second kappa shape index (κ2) is 5.33. The number of ether oxygens (including phenoxy) is 1. The average Bonchev–Trinajstić information content (AvgIpc) is 2.78. The third kappa shape index (κ3) is 3.18. The van der Waals surface area contributed by atoms with Crippen LogP contribution in [0.2, 0.25) is 0 Å². The molecule has 0 spiro atoms. The summed E-state index contributed by atoms with van der Waals surface area (Å²) in [6.45, 7) is 7.17. The summed E-state index contributed by atoms with van der Waals surface area (Å²) < 4.78 is 4.76. The number of esters is 1. The van der Waals surface area contributed by atoms with Gasteiger partial charge in [-0.05, 0) is 23.8 Å². The van der Waals surface area contributed by atoms with Gasteiger partial charge in [0, 0.05) is 6.92 Å². The minimum Gasteiger partial charge on any atom is -0.469 e. The summed E-state index contributed by atoms with van der Waals surface area (Å²) in [5, 5.41) is 3.53. The van der Waals surface area contributed by atoms with Crippen LogP contribution >= 0.6 is 0 Å². The molecule has 1 aliphatic rings. The van der Waals surface area contributed by atoms with Crippen LogP contribution in [0.5, 0.6) is 0 Å². The zero-order chi connectivity index (χ0) is 13.9. The molecular formula is C13H19NO4. The highest BCUT2D eigenvalue weighted by Gasteiger charge is 2.61. The summed E-state index contributed by atoms with van der Waals surface area (Å²) in [4.78, 5) is 26.5. The molecule has 0 bridgehead atoms. The highest BCUT2D eigenvalue weighted by atomic mass is 16.7. The van der Waals surface area contributed by atoms with Crippen molar-refractivity contribution in [2.75, 3.05) is 7.11 Å². The number of oxime groups is 1. The third-order valence-corrected chi connectivity index (χ3v) is 3.25. The molecular weight excluding hydrogens is 234 g/mol. The van der Waals surface area contributed by atoms with E-state index in [1.807, 2.05) is 26.8 Å². The molecule has 18 heavy (non-hydrogen) atoms. The van der Waals surface area contributed by atoms with Gasteiger partial charge >= 0.3 is 11.9 Å². The van der Waals surface area contributed by atoms with Gasteiger partial charge in [-0.2, -0.15) is 0 Å². The molecule has 0 radical (unpaired) electrons. The zero-order valence-electron chi connectivity index (χ0n) is 11.4. The number of carbonyl (C=O) groups is 2. The molecule has 0 aromatic carbocycles. The number of nitrogens with zero attached hydrogens (tertiary/aromatic N) is 1. The fraction of sp³-hybridized carbons (Fsp3) is 0.615. The first kappa shape index (κ1) is 14.4. The molecule has 1 aliphatic carbocycles. The van der Waals surface area contributed by atoms with Crippen LogP contribution in [0, 0.1) is 17.3 Å². The lowest BCUT2D eigenvalue weighted by Crippen LogP contribution is -2.07. The van der Waals surface area contributed by atoms with Crippen molar-refractivity contribution in [3.63, 3.8) is 0 Å². The molecule has 0 saturated heterocycles. The van der Waals surface area contributed by atoms with E-state index in [0.29, 0.717) is 0 Å². The van der Waals surface area contributed by atoms with E-state index in [1.165, 1.54) is 20.2 Å². The Bertz CT molecular complexity index is 409. The maximum absolute atomic E-state index is 11.5. The lowest BCUT2D eigenvalue weighted by Gasteiger charge is -1.99. The van der Waals surface area contributed by atoms with Gasteiger partial charge in [-0.1, -0.05) is 25.1 Å². The highest BCUT2D eigenvalue weighted by molar-refractivity contribution is 5.81. The van der Waals surface area contributed by atoms with Crippen molar-refractivity contribution < 1.29 is 19.2 Å². The molecule has 100 valence electrons. The number of methoxy groups -OCH3 is 1. The minimum atomic E-state index is -0.460. The van der Waals surface area contributed by atoms with Crippen LogP contribution in [0.3, 0.4) is 0 Å². The van der Waals surface area contributed by atoms with E-state index in [4.69, 9.17) is 4.74 Å². The number of carbonyl (C=O) groups excluding carboxylic acids is 2. The van der Waals surface area contributed by atoms with Gasteiger partial charge in [0.1, 0.15) is 0 Å². The third-order valence-electron chi connectivity index (χ3n) is 3.25. The van der Waals surface area contributed by atoms with Crippen molar-refractivity contribution in [3.05, 3.63) is 11.6 Å². The number of rotatable bonds is 4. The SMILES string of the molecule is COC(=O)[C@H]1[C@H](/C=C(C)/C=N/OC(C)=O)C1(C)C. The van der Waals surface area contributed by atoms with Gasteiger partial charge in [0.25, 0.3) is 0 Å². The van der Waals surface area contributed by atoms with E-state index >= 15 is 0 Å². The molecule has 5 heteroatoms. The van der Waals surface area contributed by atoms with Crippen LogP contribution in [-0.2, 0) is 19.2 Å². The summed E-state index contributed by atoms with van der Waals surface area (Å²) in [5.74, 6) is -0.627. The monoisotopic (exact) mass is 253 g/mol. The van der Waals surface area contributed by atoms with Crippen LogP contribution in [0.1, 0.15) is 27.7 Å². The van der Waals surface area contributed by atoms with Gasteiger partial charge in [-0.3, -0.25) is 4.79 Å². The van der Waals surface area contributed by atoms with Gasteiger partial charge in [0.15, 0.2) is 0 Å². The van der Waals surface area contributed by atoms with Crippen molar-refractivity contribution in [1.29, 1.82) is 0 Å². The first-order valence-corrected chi connectivity index (χ1v) is 5.78. The van der Waals surface area contributed by atoms with E-state index < -0.39 is 5.97 Å². The summed E-state index contributed by atoms with van der Waals surface area (Å²) >= 11 is 0. The molecule has 0 unspecified atom stereocenters. The molecule has 0 N–H and O–H groups in total. The summed E-state index contributed by atoms with van der Waals surface area (Å²) in [5.41, 5.74) is 0.754. The second-order valence-electron chi connectivity index (χ2n) is 5.08. The number of allylic oxidation sites excluding steroid dienone is 2. The second-order valence-corrected chi connectivity index (χ2v) is 5.08. The van der Waals surface area contributed by atoms with E-state index in [2.05, 4.69) is 9.99 Å². The molecule has 1 rings (SSSR count). The predicted octanol–water partition coefficient (Wildman–Crippen LogP) is 1.93. The largest absolute Gasteiger partial charge is 0.469 e. The molecule has 0 aromatic rings. The van der Waals surface area contributed by atoms with E-state index in [0.717, 1.165) is 5.57 Å². The Labute approximate surface area is 107 Å². The molecule has 1 fully saturated rings. The van der Waals surface area contributed by atoms with Gasteiger partial charge in [0.05, 0.1) is 19.2 Å². The Morgan fingerprint density at radius 3 is 2.39 bits per heavy atom. The van der Waals surface area contributed by atoms with Crippen molar-refractivity contribution in [1.82, 2.24) is 0 Å². The quantitative estimate of drug-likeness (QED) is 0.332. The van der Waals surface area contributed by atoms with Crippen molar-refractivity contribution in [2.45, 2.75) is 27.7 Å². The Balaban J connectivity index is 2.64. The lowest BCUT2D eigenvalue weighted by atomic mass is 10.1. The molecule has 0 aromatic heterocycles. The van der Waals surface area contributed by atoms with Crippen LogP contribution in [0.4, 0.5) is 0 Å². The normalized spacial score (nSPS) is 25.9. The summed E-state index contributed by atoms with van der Waals surface area (Å²) in [6.07, 6.45) is 3.42. The van der Waals surface area contributed by atoms with E-state index in [9.17, 15) is 9.59 Å². The van der Waals surface area contributed by atoms with Gasteiger partial charge in [0.2, 0.25) is 0 Å². The average molecular weight is 253 g/mol. The Hall–Kier alpha value is -1.65. The first-order chi connectivity index (χ1) is 8.30. The fourth-order valence-electron chi connectivity index (χ4n) is 2.08. The van der Waals surface area contributed by atoms with Crippen LogP contribution in [0.25, 0.3) is 0 Å². The number of hydrogen-bond donors (Lipinski definition) is 0. The number of hydrogen-bond acceptors (Lipinski definition) is 5. The Morgan fingerprint density at radius 1 is 1.28 bits per heavy atom. The maximum Gasteiger partial charge on any atom is 0.331 e. The van der Waals surface area contributed by atoms with Gasteiger partial charge in [-0.15, -0.1) is 0 Å². The van der Waals surface area contributed by atoms with E-state index in [-0.39, 0.29) is 23.2 Å². The summed E-state index contributed by atoms with van der Waals surface area (Å²) in [7, 11) is 1.40. The Morgan fingerprint density at radius 2 is 1.89 bits per heavy atom. The zero-order valence-corrected chi connectivity index (χ0v) is 11.4. The minimum absolute atomic E-state index is 0.0936. The van der Waals surface area contributed by atoms with Gasteiger partial charge in [-0.25, -0.2) is 4.79 Å².